The third-order valence-electron chi connectivity index (χ3n) is 6.39. The molecule has 4 rings (SSSR count). The van der Waals surface area contributed by atoms with E-state index in [2.05, 4.69) is 10.6 Å². The van der Waals surface area contributed by atoms with Gasteiger partial charge < -0.3 is 21.3 Å². The zero-order valence-electron chi connectivity index (χ0n) is 19.5. The highest BCUT2D eigenvalue weighted by Crippen LogP contribution is 2.33. The van der Waals surface area contributed by atoms with Crippen molar-refractivity contribution in [3.8, 4) is 0 Å². The molecule has 9 nitrogen and oxygen atoms in total. The van der Waals surface area contributed by atoms with E-state index in [-0.39, 0.29) is 35.5 Å². The number of nitrogens with zero attached hydrogens (tertiary/aromatic N) is 2. The molecule has 2 heterocycles. The van der Waals surface area contributed by atoms with Gasteiger partial charge in [0.05, 0.1) is 35.4 Å². The SMILES string of the molecule is NC(=O)n1cc(NC(=O)N2C[C@@](F)(CNC=O)C[C@H]2C(=O)CCc2cccc(Cl)c2F)c2ccccc21. The molecule has 2 aromatic carbocycles. The van der Waals surface area contributed by atoms with Gasteiger partial charge in [-0.1, -0.05) is 41.9 Å². The van der Waals surface area contributed by atoms with Crippen LogP contribution in [0, 0.1) is 5.82 Å². The summed E-state index contributed by atoms with van der Waals surface area (Å²) in [5.74, 6) is -1.11. The van der Waals surface area contributed by atoms with Crippen molar-refractivity contribution >= 4 is 52.4 Å². The van der Waals surface area contributed by atoms with Crippen molar-refractivity contribution in [2.45, 2.75) is 31.0 Å². The predicted molar refractivity (Wildman–Crippen MR) is 134 cm³/mol. The van der Waals surface area contributed by atoms with E-state index in [1.54, 1.807) is 30.3 Å². The fourth-order valence-electron chi connectivity index (χ4n) is 4.61. The van der Waals surface area contributed by atoms with Crippen LogP contribution in [0.5, 0.6) is 0 Å². The number of hydrogen-bond acceptors (Lipinski definition) is 4. The summed E-state index contributed by atoms with van der Waals surface area (Å²) in [5, 5.41) is 5.35. The molecule has 2 atom stereocenters. The molecule has 0 radical (unpaired) electrons. The second-order valence-electron chi connectivity index (χ2n) is 8.88. The lowest BCUT2D eigenvalue weighted by atomic mass is 9.97. The first-order chi connectivity index (χ1) is 17.6. The summed E-state index contributed by atoms with van der Waals surface area (Å²) in [6.45, 7) is -0.857. The van der Waals surface area contributed by atoms with Gasteiger partial charge in [-0.05, 0) is 24.1 Å². The third-order valence-corrected chi connectivity index (χ3v) is 6.68. The van der Waals surface area contributed by atoms with Gasteiger partial charge in [0.25, 0.3) is 0 Å². The Morgan fingerprint density at radius 1 is 1.19 bits per heavy atom. The zero-order valence-corrected chi connectivity index (χ0v) is 20.3. The summed E-state index contributed by atoms with van der Waals surface area (Å²) in [6.07, 6.45) is 1.18. The number of hydrogen-bond donors (Lipinski definition) is 3. The molecule has 0 bridgehead atoms. The normalized spacial score (nSPS) is 19.1. The molecule has 1 aromatic heterocycles. The maximum Gasteiger partial charge on any atom is 0.323 e. The first kappa shape index (κ1) is 26.1. The van der Waals surface area contributed by atoms with Crippen molar-refractivity contribution in [1.29, 1.82) is 0 Å². The Morgan fingerprint density at radius 3 is 2.68 bits per heavy atom. The molecule has 12 heteroatoms. The number of likely N-dealkylation sites (tertiary alicyclic amines) is 1. The smallest absolute Gasteiger partial charge is 0.323 e. The van der Waals surface area contributed by atoms with E-state index in [4.69, 9.17) is 17.3 Å². The Kier molecular flexibility index (Phi) is 7.44. The van der Waals surface area contributed by atoms with E-state index in [0.717, 1.165) is 9.47 Å². The Balaban J connectivity index is 1.57. The quantitative estimate of drug-likeness (QED) is 0.384. The number of para-hydroxylation sites is 1. The Hall–Kier alpha value is -3.99. The van der Waals surface area contributed by atoms with Gasteiger partial charge in [-0.3, -0.25) is 14.2 Å². The molecule has 1 aliphatic heterocycles. The average Bonchev–Trinajstić information content (AvgIpc) is 3.42. The molecular formula is C25H24ClF2N5O4. The number of primary amides is 1. The van der Waals surface area contributed by atoms with Crippen LogP contribution in [0.15, 0.2) is 48.7 Å². The van der Waals surface area contributed by atoms with E-state index in [0.29, 0.717) is 17.3 Å². The van der Waals surface area contributed by atoms with E-state index >= 15 is 4.39 Å². The number of carbonyl (C=O) groups excluding carboxylic acids is 4. The summed E-state index contributed by atoms with van der Waals surface area (Å²) in [7, 11) is 0. The monoisotopic (exact) mass is 531 g/mol. The van der Waals surface area contributed by atoms with Gasteiger partial charge in [0.15, 0.2) is 5.78 Å². The number of anilines is 1. The largest absolute Gasteiger partial charge is 0.355 e. The molecular weight excluding hydrogens is 508 g/mol. The van der Waals surface area contributed by atoms with E-state index < -0.39 is 48.5 Å². The number of fused-ring (bicyclic) bond motifs is 1. The van der Waals surface area contributed by atoms with Crippen molar-refractivity contribution in [2.75, 3.05) is 18.4 Å². The molecule has 0 spiro atoms. The Morgan fingerprint density at radius 2 is 1.95 bits per heavy atom. The minimum absolute atomic E-state index is 0.00909. The number of benzene rings is 2. The topological polar surface area (TPSA) is 127 Å². The van der Waals surface area contributed by atoms with Crippen molar-refractivity contribution in [3.05, 3.63) is 65.1 Å². The highest BCUT2D eigenvalue weighted by molar-refractivity contribution is 6.30. The maximum atomic E-state index is 15.6. The van der Waals surface area contributed by atoms with Gasteiger partial charge in [-0.15, -0.1) is 0 Å². The number of halogens is 3. The molecule has 194 valence electrons. The van der Waals surface area contributed by atoms with Crippen LogP contribution >= 0.6 is 11.6 Å². The summed E-state index contributed by atoms with van der Waals surface area (Å²) in [4.78, 5) is 50.1. The highest BCUT2D eigenvalue weighted by Gasteiger charge is 2.49. The van der Waals surface area contributed by atoms with Crippen molar-refractivity contribution in [1.82, 2.24) is 14.8 Å². The molecule has 37 heavy (non-hydrogen) atoms. The molecule has 4 N–H and O–H groups in total. The average molecular weight is 532 g/mol. The maximum absolute atomic E-state index is 15.6. The molecule has 0 saturated carbocycles. The van der Waals surface area contributed by atoms with Gasteiger partial charge in [-0.25, -0.2) is 18.4 Å². The van der Waals surface area contributed by atoms with Crippen LogP contribution in [-0.2, 0) is 16.0 Å². The van der Waals surface area contributed by atoms with Crippen LogP contribution in [0.4, 0.5) is 24.1 Å². The number of ketones is 1. The number of amides is 4. The van der Waals surface area contributed by atoms with Gasteiger partial charge in [0.2, 0.25) is 6.41 Å². The number of rotatable bonds is 8. The Labute approximate surface area is 215 Å². The molecule has 1 fully saturated rings. The lowest BCUT2D eigenvalue weighted by Gasteiger charge is -2.24. The lowest BCUT2D eigenvalue weighted by Crippen LogP contribution is -2.44. The van der Waals surface area contributed by atoms with E-state index in [9.17, 15) is 23.6 Å². The number of alkyl halides is 1. The fraction of sp³-hybridized carbons (Fsp3) is 0.280. The summed E-state index contributed by atoms with van der Waals surface area (Å²) in [6, 6.07) is 8.46. The van der Waals surface area contributed by atoms with Crippen LogP contribution in [0.25, 0.3) is 10.9 Å². The van der Waals surface area contributed by atoms with E-state index in [1.807, 2.05) is 0 Å². The summed E-state index contributed by atoms with van der Waals surface area (Å²) >= 11 is 5.81. The van der Waals surface area contributed by atoms with Gasteiger partial charge in [0.1, 0.15) is 11.5 Å². The number of urea groups is 1. The van der Waals surface area contributed by atoms with Crippen molar-refractivity contribution in [2.24, 2.45) is 5.73 Å². The second kappa shape index (κ2) is 10.6. The zero-order chi connectivity index (χ0) is 26.7. The number of Topliss-reactive ketones (excluding diaryl/α,β-unsaturated/α-hetero) is 1. The molecule has 1 aliphatic rings. The standard InChI is InChI=1S/C25H24ClF2N5O4/c26-17-6-3-4-15(22(17)27)8-9-21(35)20-10-25(28,12-30-14-34)13-33(20)24(37)31-18-11-32(23(29)36)19-7-2-1-5-16(18)19/h1-7,11,14,20H,8-10,12-13H2,(H2,29,36)(H,30,34)(H,31,37)/t20-,25-/m0/s1. The van der Waals surface area contributed by atoms with Crippen molar-refractivity contribution < 1.29 is 28.0 Å². The lowest BCUT2D eigenvalue weighted by molar-refractivity contribution is -0.122. The minimum atomic E-state index is -2.05. The molecule has 0 unspecified atom stereocenters. The summed E-state index contributed by atoms with van der Waals surface area (Å²) in [5.41, 5.74) is 4.30. The van der Waals surface area contributed by atoms with Crippen LogP contribution in [-0.4, -0.2) is 58.5 Å². The number of nitrogens with one attached hydrogen (secondary N) is 2. The van der Waals surface area contributed by atoms with Crippen LogP contribution in [0.1, 0.15) is 18.4 Å². The number of carbonyl (C=O) groups is 4. The molecule has 4 amide bonds. The van der Waals surface area contributed by atoms with Crippen LogP contribution < -0.4 is 16.4 Å². The first-order valence-electron chi connectivity index (χ1n) is 11.4. The van der Waals surface area contributed by atoms with Gasteiger partial charge >= 0.3 is 12.1 Å². The Bertz CT molecular complexity index is 1380. The van der Waals surface area contributed by atoms with Gasteiger partial charge in [-0.2, -0.15) is 0 Å². The summed E-state index contributed by atoms with van der Waals surface area (Å²) < 4.78 is 31.0. The second-order valence-corrected chi connectivity index (χ2v) is 9.28. The van der Waals surface area contributed by atoms with Crippen LogP contribution in [0.2, 0.25) is 5.02 Å². The van der Waals surface area contributed by atoms with Crippen LogP contribution in [0.3, 0.4) is 0 Å². The number of aromatic nitrogens is 1. The first-order valence-corrected chi connectivity index (χ1v) is 11.8. The fourth-order valence-corrected chi connectivity index (χ4v) is 4.80. The van der Waals surface area contributed by atoms with Gasteiger partial charge in [0, 0.05) is 24.4 Å². The van der Waals surface area contributed by atoms with E-state index in [1.165, 1.54) is 18.3 Å². The molecule has 1 saturated heterocycles. The highest BCUT2D eigenvalue weighted by atomic mass is 35.5. The third kappa shape index (κ3) is 5.41. The molecule has 3 aromatic rings. The number of nitrogens with two attached hydrogens (primary N) is 1. The number of aryl methyl sites for hydroxylation is 1. The molecule has 0 aliphatic carbocycles. The van der Waals surface area contributed by atoms with Crippen molar-refractivity contribution in [3.63, 3.8) is 0 Å². The minimum Gasteiger partial charge on any atom is -0.355 e. The predicted octanol–water partition coefficient (Wildman–Crippen LogP) is 3.62.